The molecule has 0 radical (unpaired) electrons. The van der Waals surface area contributed by atoms with E-state index in [1.807, 2.05) is 48.5 Å². The zero-order valence-electron chi connectivity index (χ0n) is 19.0. The van der Waals surface area contributed by atoms with Crippen molar-refractivity contribution in [1.82, 2.24) is 20.5 Å². The molecule has 0 spiro atoms. The van der Waals surface area contributed by atoms with Gasteiger partial charge in [0.1, 0.15) is 11.2 Å². The Morgan fingerprint density at radius 2 is 1.71 bits per heavy atom. The molecule has 1 atom stereocenters. The largest absolute Gasteiger partial charge is 0.337 e. The van der Waals surface area contributed by atoms with E-state index in [2.05, 4.69) is 27.8 Å². The predicted octanol–water partition coefficient (Wildman–Crippen LogP) is 3.69. The number of para-hydroxylation sites is 1. The van der Waals surface area contributed by atoms with E-state index in [9.17, 15) is 14.4 Å². The maximum absolute atomic E-state index is 13.1. The summed E-state index contributed by atoms with van der Waals surface area (Å²) in [7, 11) is 0. The lowest BCUT2D eigenvalue weighted by Crippen LogP contribution is -2.56. The summed E-state index contributed by atoms with van der Waals surface area (Å²) in [5.41, 5.74) is 1.53. The van der Waals surface area contributed by atoms with Crippen molar-refractivity contribution in [3.63, 3.8) is 0 Å². The molecule has 5 rings (SSSR count). The van der Waals surface area contributed by atoms with Crippen LogP contribution in [0.25, 0.3) is 10.9 Å². The minimum atomic E-state index is -0.914. The number of fused-ring (bicyclic) bond motifs is 1. The first-order chi connectivity index (χ1) is 16.5. The van der Waals surface area contributed by atoms with Crippen LogP contribution in [0.1, 0.15) is 41.7 Å². The van der Waals surface area contributed by atoms with E-state index in [0.717, 1.165) is 23.7 Å². The number of likely N-dealkylation sites (tertiary alicyclic amines) is 1. The van der Waals surface area contributed by atoms with Crippen molar-refractivity contribution in [3.8, 4) is 0 Å². The van der Waals surface area contributed by atoms with Crippen LogP contribution in [0.3, 0.4) is 0 Å². The molecule has 2 N–H and O–H groups in total. The number of nitrogens with one attached hydrogen (secondary N) is 2. The Balaban J connectivity index is 1.26. The normalized spacial score (nSPS) is 20.9. The number of urea groups is 1. The predicted molar refractivity (Wildman–Crippen MR) is 129 cm³/mol. The summed E-state index contributed by atoms with van der Waals surface area (Å²) >= 11 is 0. The molecule has 1 unspecified atom stereocenters. The molecule has 0 aliphatic carbocycles. The number of aromatic nitrogens is 1. The van der Waals surface area contributed by atoms with Crippen LogP contribution < -0.4 is 10.6 Å². The van der Waals surface area contributed by atoms with Gasteiger partial charge in [0.2, 0.25) is 0 Å². The van der Waals surface area contributed by atoms with Gasteiger partial charge in [-0.05, 0) is 55.7 Å². The highest BCUT2D eigenvalue weighted by atomic mass is 16.2. The zero-order valence-corrected chi connectivity index (χ0v) is 19.0. The van der Waals surface area contributed by atoms with Gasteiger partial charge < -0.3 is 10.2 Å². The molecule has 3 aromatic rings. The summed E-state index contributed by atoms with van der Waals surface area (Å²) in [5, 5.41) is 6.40. The van der Waals surface area contributed by atoms with Crippen LogP contribution in [0.4, 0.5) is 4.79 Å². The van der Waals surface area contributed by atoms with Crippen molar-refractivity contribution < 1.29 is 14.4 Å². The molecule has 2 aliphatic heterocycles. The number of nitrogens with zero attached hydrogens (tertiary/aromatic N) is 2. The van der Waals surface area contributed by atoms with Gasteiger partial charge in [-0.1, -0.05) is 54.6 Å². The summed E-state index contributed by atoms with van der Waals surface area (Å²) in [6, 6.07) is 21.1. The van der Waals surface area contributed by atoms with Gasteiger partial charge in [-0.15, -0.1) is 0 Å². The SMILES string of the molecule is O=C1NC(=O)C(CCCc2ccccc2)(C2CCN(C(=O)c3ccc4ccccc4n3)CC2)N1. The lowest BCUT2D eigenvalue weighted by Gasteiger charge is -2.40. The number of aryl methyl sites for hydroxylation is 1. The van der Waals surface area contributed by atoms with Gasteiger partial charge in [0.05, 0.1) is 5.52 Å². The number of imide groups is 1. The maximum Gasteiger partial charge on any atom is 0.322 e. The molecular formula is C27H28N4O3. The standard InChI is InChI=1S/C27H28N4O3/c32-24(23-13-12-20-10-4-5-11-22(20)28-23)31-17-14-21(15-18-31)27(25(33)29-26(34)30-27)16-6-9-19-7-2-1-3-8-19/h1-5,7-8,10-13,21H,6,9,14-18H2,(H2,29,30,33,34). The quantitative estimate of drug-likeness (QED) is 0.554. The Morgan fingerprint density at radius 1 is 0.971 bits per heavy atom. The number of carbonyl (C=O) groups excluding carboxylic acids is 3. The number of pyridine rings is 1. The van der Waals surface area contributed by atoms with Crippen LogP contribution in [-0.4, -0.2) is 46.4 Å². The lowest BCUT2D eigenvalue weighted by molar-refractivity contribution is -0.127. The Morgan fingerprint density at radius 3 is 2.44 bits per heavy atom. The third-order valence-corrected chi connectivity index (χ3v) is 7.14. The van der Waals surface area contributed by atoms with Gasteiger partial charge in [0.15, 0.2) is 0 Å². The summed E-state index contributed by atoms with van der Waals surface area (Å²) in [5.74, 6) is -0.364. The fourth-order valence-corrected chi connectivity index (χ4v) is 5.31. The highest BCUT2D eigenvalue weighted by Gasteiger charge is 2.51. The molecule has 4 amide bonds. The molecular weight excluding hydrogens is 428 g/mol. The number of hydrogen-bond donors (Lipinski definition) is 2. The fourth-order valence-electron chi connectivity index (χ4n) is 5.31. The van der Waals surface area contributed by atoms with Gasteiger partial charge in [0, 0.05) is 18.5 Å². The first-order valence-corrected chi connectivity index (χ1v) is 11.9. The molecule has 3 heterocycles. The van der Waals surface area contributed by atoms with Gasteiger partial charge in [-0.25, -0.2) is 9.78 Å². The summed E-state index contributed by atoms with van der Waals surface area (Å²) in [6.07, 6.45) is 3.51. The van der Waals surface area contributed by atoms with Crippen LogP contribution in [0, 0.1) is 5.92 Å². The molecule has 2 aromatic carbocycles. The van der Waals surface area contributed by atoms with Crippen LogP contribution in [0.15, 0.2) is 66.7 Å². The molecule has 2 saturated heterocycles. The van der Waals surface area contributed by atoms with Crippen molar-refractivity contribution in [2.75, 3.05) is 13.1 Å². The van der Waals surface area contributed by atoms with E-state index in [1.54, 1.807) is 11.0 Å². The molecule has 0 saturated carbocycles. The van der Waals surface area contributed by atoms with E-state index < -0.39 is 11.6 Å². The molecule has 7 nitrogen and oxygen atoms in total. The maximum atomic E-state index is 13.1. The third-order valence-electron chi connectivity index (χ3n) is 7.14. The Labute approximate surface area is 198 Å². The van der Waals surface area contributed by atoms with Crippen molar-refractivity contribution >= 4 is 28.7 Å². The molecule has 34 heavy (non-hydrogen) atoms. The van der Waals surface area contributed by atoms with Crippen LogP contribution in [-0.2, 0) is 11.2 Å². The molecule has 2 fully saturated rings. The minimum absolute atomic E-state index is 0.0247. The van der Waals surface area contributed by atoms with E-state index >= 15 is 0 Å². The monoisotopic (exact) mass is 456 g/mol. The first-order valence-electron chi connectivity index (χ1n) is 11.9. The highest BCUT2D eigenvalue weighted by molar-refractivity contribution is 6.07. The van der Waals surface area contributed by atoms with E-state index in [1.165, 1.54) is 5.56 Å². The summed E-state index contributed by atoms with van der Waals surface area (Å²) in [6.45, 7) is 1.06. The second kappa shape index (κ2) is 9.25. The van der Waals surface area contributed by atoms with Crippen molar-refractivity contribution in [3.05, 3.63) is 78.0 Å². The molecule has 174 valence electrons. The third kappa shape index (κ3) is 4.25. The van der Waals surface area contributed by atoms with E-state index in [-0.39, 0.29) is 17.7 Å². The molecule has 7 heteroatoms. The number of rotatable bonds is 6. The molecule has 1 aromatic heterocycles. The van der Waals surface area contributed by atoms with Crippen LogP contribution >= 0.6 is 0 Å². The van der Waals surface area contributed by atoms with Crippen molar-refractivity contribution in [2.24, 2.45) is 5.92 Å². The lowest BCUT2D eigenvalue weighted by atomic mass is 9.74. The van der Waals surface area contributed by atoms with Gasteiger partial charge in [0.25, 0.3) is 11.8 Å². The van der Waals surface area contributed by atoms with Gasteiger partial charge in [-0.3, -0.25) is 14.9 Å². The van der Waals surface area contributed by atoms with Gasteiger partial charge >= 0.3 is 6.03 Å². The van der Waals surface area contributed by atoms with Crippen LogP contribution in [0.5, 0.6) is 0 Å². The smallest absolute Gasteiger partial charge is 0.322 e. The number of benzene rings is 2. The second-order valence-corrected chi connectivity index (χ2v) is 9.17. The van der Waals surface area contributed by atoms with Crippen molar-refractivity contribution in [2.45, 2.75) is 37.6 Å². The fraction of sp³-hybridized carbons (Fsp3) is 0.333. The average Bonchev–Trinajstić information content (AvgIpc) is 3.17. The zero-order chi connectivity index (χ0) is 23.5. The Hall–Kier alpha value is -3.74. The van der Waals surface area contributed by atoms with Gasteiger partial charge in [-0.2, -0.15) is 0 Å². The van der Waals surface area contributed by atoms with E-state index in [0.29, 0.717) is 38.0 Å². The second-order valence-electron chi connectivity index (χ2n) is 9.17. The highest BCUT2D eigenvalue weighted by Crippen LogP contribution is 2.35. The molecule has 2 aliphatic rings. The number of amides is 4. The Bertz CT molecular complexity index is 1220. The van der Waals surface area contributed by atoms with Crippen LogP contribution in [0.2, 0.25) is 0 Å². The minimum Gasteiger partial charge on any atom is -0.337 e. The number of carbonyl (C=O) groups is 3. The molecule has 0 bridgehead atoms. The number of hydrogen-bond acceptors (Lipinski definition) is 4. The van der Waals surface area contributed by atoms with Crippen molar-refractivity contribution in [1.29, 1.82) is 0 Å². The average molecular weight is 457 g/mol. The Kier molecular flexibility index (Phi) is 6.01. The topological polar surface area (TPSA) is 91.4 Å². The summed E-state index contributed by atoms with van der Waals surface area (Å²) < 4.78 is 0. The number of piperidine rings is 1. The first kappa shape index (κ1) is 22.1. The summed E-state index contributed by atoms with van der Waals surface area (Å²) in [4.78, 5) is 44.5. The van der Waals surface area contributed by atoms with E-state index in [4.69, 9.17) is 0 Å².